The van der Waals surface area contributed by atoms with Crippen LogP contribution in [-0.2, 0) is 16.0 Å². The first-order chi connectivity index (χ1) is 11.5. The summed E-state index contributed by atoms with van der Waals surface area (Å²) in [5, 5.41) is 8.88. The normalized spacial score (nSPS) is 19.1. The number of rotatable bonds is 4. The van der Waals surface area contributed by atoms with Crippen LogP contribution in [0.2, 0.25) is 0 Å². The Morgan fingerprint density at radius 1 is 1.46 bits per heavy atom. The van der Waals surface area contributed by atoms with E-state index in [0.29, 0.717) is 9.23 Å². The maximum Gasteiger partial charge on any atom is 0.323 e. The molecule has 0 aliphatic carbocycles. The average molecular weight is 362 g/mol. The van der Waals surface area contributed by atoms with Gasteiger partial charge in [0.2, 0.25) is 0 Å². The summed E-state index contributed by atoms with van der Waals surface area (Å²) in [7, 11) is 0. The van der Waals surface area contributed by atoms with Crippen LogP contribution in [0.3, 0.4) is 0 Å². The molecule has 1 amide bonds. The van der Waals surface area contributed by atoms with Crippen LogP contribution in [-0.4, -0.2) is 45.8 Å². The number of nitrogens with zero attached hydrogens (tertiary/aromatic N) is 2. The molecule has 2 aliphatic heterocycles. The van der Waals surface area contributed by atoms with Crippen LogP contribution in [0, 0.1) is 0 Å². The number of anilines is 1. The summed E-state index contributed by atoms with van der Waals surface area (Å²) in [6.45, 7) is 3.82. The molecule has 0 atom stereocenters. The molecule has 0 radical (unpaired) electrons. The molecular weight excluding hydrogens is 344 g/mol. The summed E-state index contributed by atoms with van der Waals surface area (Å²) in [6, 6.07) is 6.21. The molecule has 1 saturated heterocycles. The molecule has 0 unspecified atom stereocenters. The minimum Gasteiger partial charge on any atom is -0.480 e. The third kappa shape index (κ3) is 3.32. The molecule has 7 heteroatoms. The van der Waals surface area contributed by atoms with Crippen LogP contribution in [0.5, 0.6) is 0 Å². The number of hydrogen-bond donors (Lipinski definition) is 1. The first kappa shape index (κ1) is 17.0. The molecule has 0 bridgehead atoms. The monoisotopic (exact) mass is 362 g/mol. The molecule has 5 nitrogen and oxygen atoms in total. The molecule has 1 aromatic rings. The Labute approximate surface area is 150 Å². The van der Waals surface area contributed by atoms with Crippen LogP contribution in [0.4, 0.5) is 5.69 Å². The lowest BCUT2D eigenvalue weighted by molar-refractivity contribution is -0.140. The topological polar surface area (TPSA) is 60.9 Å². The maximum absolute atomic E-state index is 12.3. The predicted octanol–water partition coefficient (Wildman–Crippen LogP) is 2.74. The largest absolute Gasteiger partial charge is 0.480 e. The van der Waals surface area contributed by atoms with Crippen molar-refractivity contribution in [1.29, 1.82) is 0 Å². The standard InChI is InChI=1S/C17H18N2O3S2/c1-2-18-7-3-4-12-8-11(5-6-13(12)18)9-14-16(22)19(10-15(20)21)17(23)24-14/h5-6,8-9H,2-4,7,10H2,1H3,(H,20,21)/b14-9-. The average Bonchev–Trinajstić information content (AvgIpc) is 2.81. The van der Waals surface area contributed by atoms with Gasteiger partial charge in [0.15, 0.2) is 0 Å². The second-order valence-electron chi connectivity index (χ2n) is 5.73. The van der Waals surface area contributed by atoms with Crippen molar-refractivity contribution in [2.45, 2.75) is 19.8 Å². The molecule has 24 heavy (non-hydrogen) atoms. The third-order valence-corrected chi connectivity index (χ3v) is 5.54. The fourth-order valence-electron chi connectivity index (χ4n) is 3.04. The number of carboxylic acids is 1. The molecular formula is C17H18N2O3S2. The number of thiocarbonyl (C=S) groups is 1. The Balaban J connectivity index is 1.86. The fourth-order valence-corrected chi connectivity index (χ4v) is 4.29. The molecule has 2 aliphatic rings. The number of carbonyl (C=O) groups excluding carboxylic acids is 1. The quantitative estimate of drug-likeness (QED) is 0.656. The van der Waals surface area contributed by atoms with Crippen LogP contribution in [0.15, 0.2) is 23.1 Å². The van der Waals surface area contributed by atoms with Crippen molar-refractivity contribution in [1.82, 2.24) is 4.90 Å². The maximum atomic E-state index is 12.3. The van der Waals surface area contributed by atoms with Crippen LogP contribution < -0.4 is 4.90 Å². The zero-order chi connectivity index (χ0) is 17.3. The van der Waals surface area contributed by atoms with Crippen molar-refractivity contribution in [3.8, 4) is 0 Å². The van der Waals surface area contributed by atoms with Gasteiger partial charge in [0.05, 0.1) is 4.91 Å². The summed E-state index contributed by atoms with van der Waals surface area (Å²) in [6.07, 6.45) is 3.96. The van der Waals surface area contributed by atoms with E-state index in [2.05, 4.69) is 24.0 Å². The molecule has 3 rings (SSSR count). The number of benzene rings is 1. The first-order valence-electron chi connectivity index (χ1n) is 7.84. The van der Waals surface area contributed by atoms with E-state index in [4.69, 9.17) is 17.3 Å². The molecule has 0 saturated carbocycles. The van der Waals surface area contributed by atoms with Crippen molar-refractivity contribution >= 4 is 51.9 Å². The number of carboxylic acid groups (broad SMARTS) is 1. The predicted molar refractivity (Wildman–Crippen MR) is 100 cm³/mol. The van der Waals surface area contributed by atoms with Crippen molar-refractivity contribution in [3.05, 3.63) is 34.2 Å². The molecule has 0 aromatic heterocycles. The highest BCUT2D eigenvalue weighted by atomic mass is 32.2. The van der Waals surface area contributed by atoms with Crippen LogP contribution in [0.1, 0.15) is 24.5 Å². The van der Waals surface area contributed by atoms with Gasteiger partial charge in [-0.25, -0.2) is 0 Å². The Morgan fingerprint density at radius 3 is 2.96 bits per heavy atom. The lowest BCUT2D eigenvalue weighted by atomic mass is 9.99. The van der Waals surface area contributed by atoms with Gasteiger partial charge in [-0.2, -0.15) is 0 Å². The SMILES string of the molecule is CCN1CCCc2cc(/C=C3\SC(=S)N(CC(=O)O)C3=O)ccc21. The number of aliphatic carboxylic acids is 1. The number of thioether (sulfide) groups is 1. The van der Waals surface area contributed by atoms with E-state index < -0.39 is 12.5 Å². The Morgan fingerprint density at radius 2 is 2.25 bits per heavy atom. The van der Waals surface area contributed by atoms with E-state index in [9.17, 15) is 9.59 Å². The van der Waals surface area contributed by atoms with Crippen molar-refractivity contribution < 1.29 is 14.7 Å². The van der Waals surface area contributed by atoms with Crippen LogP contribution in [0.25, 0.3) is 6.08 Å². The van der Waals surface area contributed by atoms with Crippen molar-refractivity contribution in [2.24, 2.45) is 0 Å². The summed E-state index contributed by atoms with van der Waals surface area (Å²) in [5.74, 6) is -1.40. The van der Waals surface area contributed by atoms with Gasteiger partial charge in [0.25, 0.3) is 5.91 Å². The fraction of sp³-hybridized carbons (Fsp3) is 0.353. The lowest BCUT2D eigenvalue weighted by Gasteiger charge is -2.30. The van der Waals surface area contributed by atoms with Gasteiger partial charge in [0, 0.05) is 18.8 Å². The minimum absolute atomic E-state index is 0.295. The van der Waals surface area contributed by atoms with Crippen LogP contribution >= 0.6 is 24.0 Å². The van der Waals surface area contributed by atoms with Gasteiger partial charge in [0.1, 0.15) is 10.9 Å². The van der Waals surface area contributed by atoms with Crippen molar-refractivity contribution in [3.63, 3.8) is 0 Å². The third-order valence-electron chi connectivity index (χ3n) is 4.16. The Kier molecular flexibility index (Phi) is 4.91. The number of fused-ring (bicyclic) bond motifs is 1. The summed E-state index contributed by atoms with van der Waals surface area (Å²) >= 11 is 6.27. The molecule has 2 heterocycles. The van der Waals surface area contributed by atoms with E-state index in [-0.39, 0.29) is 5.91 Å². The summed E-state index contributed by atoms with van der Waals surface area (Å²) < 4.78 is 0.295. The van der Waals surface area contributed by atoms with E-state index in [1.165, 1.54) is 11.3 Å². The minimum atomic E-state index is -1.07. The van der Waals surface area contributed by atoms with E-state index in [1.807, 2.05) is 6.07 Å². The molecule has 1 N–H and O–H groups in total. The van der Waals surface area contributed by atoms with E-state index in [1.54, 1.807) is 6.08 Å². The Bertz CT molecular complexity index is 745. The highest BCUT2D eigenvalue weighted by Gasteiger charge is 2.33. The van der Waals surface area contributed by atoms with E-state index >= 15 is 0 Å². The first-order valence-corrected chi connectivity index (χ1v) is 9.07. The van der Waals surface area contributed by atoms with Gasteiger partial charge in [-0.3, -0.25) is 14.5 Å². The van der Waals surface area contributed by atoms with Gasteiger partial charge in [-0.05, 0) is 49.1 Å². The van der Waals surface area contributed by atoms with Gasteiger partial charge < -0.3 is 10.0 Å². The smallest absolute Gasteiger partial charge is 0.323 e. The van der Waals surface area contributed by atoms with Gasteiger partial charge in [-0.15, -0.1) is 0 Å². The highest BCUT2D eigenvalue weighted by molar-refractivity contribution is 8.26. The Hall–Kier alpha value is -1.86. The molecule has 1 fully saturated rings. The summed E-state index contributed by atoms with van der Waals surface area (Å²) in [5.41, 5.74) is 3.50. The second kappa shape index (κ2) is 6.94. The summed E-state index contributed by atoms with van der Waals surface area (Å²) in [4.78, 5) is 27.1. The van der Waals surface area contributed by atoms with Gasteiger partial charge >= 0.3 is 5.97 Å². The van der Waals surface area contributed by atoms with E-state index in [0.717, 1.165) is 48.2 Å². The highest BCUT2D eigenvalue weighted by Crippen LogP contribution is 2.34. The number of aryl methyl sites for hydroxylation is 1. The number of carbonyl (C=O) groups is 2. The van der Waals surface area contributed by atoms with Gasteiger partial charge in [-0.1, -0.05) is 30.0 Å². The zero-order valence-electron chi connectivity index (χ0n) is 13.3. The number of amides is 1. The molecule has 126 valence electrons. The zero-order valence-corrected chi connectivity index (χ0v) is 15.0. The lowest BCUT2D eigenvalue weighted by Crippen LogP contribution is -2.33. The second-order valence-corrected chi connectivity index (χ2v) is 7.41. The molecule has 0 spiro atoms. The number of hydrogen-bond acceptors (Lipinski definition) is 5. The van der Waals surface area contributed by atoms with Crippen molar-refractivity contribution in [2.75, 3.05) is 24.5 Å². The molecule has 1 aromatic carbocycles.